The molecule has 0 aliphatic carbocycles. The summed E-state index contributed by atoms with van der Waals surface area (Å²) in [6, 6.07) is 19.7. The lowest BCUT2D eigenvalue weighted by Gasteiger charge is -2.22. The zero-order chi connectivity index (χ0) is 17.2. The fourth-order valence-electron chi connectivity index (χ4n) is 2.40. The van der Waals surface area contributed by atoms with Crippen molar-refractivity contribution in [3.8, 4) is 11.8 Å². The molecule has 0 bridgehead atoms. The summed E-state index contributed by atoms with van der Waals surface area (Å²) in [7, 11) is 0. The van der Waals surface area contributed by atoms with Crippen LogP contribution in [0.5, 0.6) is 5.75 Å². The number of hydrogen-bond acceptors (Lipinski definition) is 3. The number of nitriles is 1. The van der Waals surface area contributed by atoms with E-state index in [4.69, 9.17) is 10.00 Å². The molecule has 0 saturated heterocycles. The van der Waals surface area contributed by atoms with Crippen molar-refractivity contribution in [2.75, 3.05) is 19.7 Å². The molecule has 2 aromatic rings. The molecule has 0 spiro atoms. The number of carbonyl (C=O) groups is 1. The second-order valence-corrected chi connectivity index (χ2v) is 5.63. The maximum Gasteiger partial charge on any atom is 0.260 e. The van der Waals surface area contributed by atoms with Gasteiger partial charge in [0.1, 0.15) is 5.75 Å². The van der Waals surface area contributed by atoms with Gasteiger partial charge in [-0.25, -0.2) is 0 Å². The van der Waals surface area contributed by atoms with Crippen LogP contribution >= 0.6 is 0 Å². The number of rotatable bonds is 8. The Morgan fingerprint density at radius 2 is 1.92 bits per heavy atom. The van der Waals surface area contributed by atoms with Crippen LogP contribution in [0, 0.1) is 18.3 Å². The molecule has 4 heteroatoms. The highest BCUT2D eigenvalue weighted by molar-refractivity contribution is 5.77. The molecule has 0 aromatic heterocycles. The van der Waals surface area contributed by atoms with E-state index in [1.165, 1.54) is 5.56 Å². The molecule has 0 heterocycles. The summed E-state index contributed by atoms with van der Waals surface area (Å²) >= 11 is 0. The van der Waals surface area contributed by atoms with E-state index in [2.05, 4.69) is 6.07 Å². The first-order valence-corrected chi connectivity index (χ1v) is 8.07. The quantitative estimate of drug-likeness (QED) is 0.749. The summed E-state index contributed by atoms with van der Waals surface area (Å²) in [4.78, 5) is 14.1. The number of aryl methyl sites for hydroxylation is 1. The third kappa shape index (κ3) is 5.77. The Bertz CT molecular complexity index is 692. The van der Waals surface area contributed by atoms with Crippen molar-refractivity contribution >= 4 is 5.91 Å². The average Bonchev–Trinajstić information content (AvgIpc) is 2.61. The molecular weight excluding hydrogens is 300 g/mol. The fraction of sp³-hybridized carbons (Fsp3) is 0.300. The molecule has 0 aliphatic heterocycles. The smallest absolute Gasteiger partial charge is 0.260 e. The summed E-state index contributed by atoms with van der Waals surface area (Å²) in [5, 5.41) is 8.80. The van der Waals surface area contributed by atoms with Gasteiger partial charge in [0.05, 0.1) is 12.5 Å². The van der Waals surface area contributed by atoms with Crippen LogP contribution < -0.4 is 4.74 Å². The Morgan fingerprint density at radius 3 is 2.62 bits per heavy atom. The van der Waals surface area contributed by atoms with Crippen LogP contribution in [0.3, 0.4) is 0 Å². The number of amides is 1. The largest absolute Gasteiger partial charge is 0.484 e. The van der Waals surface area contributed by atoms with Gasteiger partial charge in [0.2, 0.25) is 0 Å². The van der Waals surface area contributed by atoms with E-state index < -0.39 is 0 Å². The monoisotopic (exact) mass is 322 g/mol. The molecule has 0 unspecified atom stereocenters. The van der Waals surface area contributed by atoms with Crippen LogP contribution in [-0.2, 0) is 11.2 Å². The minimum atomic E-state index is -0.0947. The maximum absolute atomic E-state index is 12.4. The standard InChI is InChI=1S/C20H22N2O2/c1-17-7-5-10-19(15-17)24-16-20(23)22(13-6-12-21)14-11-18-8-3-2-4-9-18/h2-5,7-10,15H,6,11,13-14,16H2,1H3. The second kappa shape index (κ2) is 9.36. The van der Waals surface area contributed by atoms with Crippen LogP contribution in [0.2, 0.25) is 0 Å². The maximum atomic E-state index is 12.4. The second-order valence-electron chi connectivity index (χ2n) is 5.63. The third-order valence-electron chi connectivity index (χ3n) is 3.71. The van der Waals surface area contributed by atoms with E-state index >= 15 is 0 Å². The zero-order valence-corrected chi connectivity index (χ0v) is 13.9. The van der Waals surface area contributed by atoms with Gasteiger partial charge >= 0.3 is 0 Å². The van der Waals surface area contributed by atoms with Gasteiger partial charge in [0, 0.05) is 13.1 Å². The zero-order valence-electron chi connectivity index (χ0n) is 13.9. The van der Waals surface area contributed by atoms with Crippen LogP contribution in [0.4, 0.5) is 0 Å². The predicted molar refractivity (Wildman–Crippen MR) is 93.6 cm³/mol. The van der Waals surface area contributed by atoms with Crippen molar-refractivity contribution in [2.45, 2.75) is 19.8 Å². The average molecular weight is 322 g/mol. The Hall–Kier alpha value is -2.80. The Morgan fingerprint density at radius 1 is 1.12 bits per heavy atom. The van der Waals surface area contributed by atoms with Gasteiger partial charge in [-0.2, -0.15) is 5.26 Å². The molecule has 124 valence electrons. The lowest BCUT2D eigenvalue weighted by molar-refractivity contribution is -0.133. The predicted octanol–water partition coefficient (Wildman–Crippen LogP) is 3.36. The van der Waals surface area contributed by atoms with Gasteiger partial charge in [-0.1, -0.05) is 42.5 Å². The van der Waals surface area contributed by atoms with Crippen molar-refractivity contribution in [3.05, 3.63) is 65.7 Å². The highest BCUT2D eigenvalue weighted by atomic mass is 16.5. The Labute approximate surface area is 143 Å². The van der Waals surface area contributed by atoms with Gasteiger partial charge in [-0.15, -0.1) is 0 Å². The van der Waals surface area contributed by atoms with Gasteiger partial charge in [-0.3, -0.25) is 4.79 Å². The number of ether oxygens (including phenoxy) is 1. The number of benzene rings is 2. The van der Waals surface area contributed by atoms with E-state index in [9.17, 15) is 4.79 Å². The third-order valence-corrected chi connectivity index (χ3v) is 3.71. The van der Waals surface area contributed by atoms with Gasteiger partial charge in [0.25, 0.3) is 5.91 Å². The van der Waals surface area contributed by atoms with Crippen molar-refractivity contribution in [1.82, 2.24) is 4.90 Å². The number of carbonyl (C=O) groups excluding carboxylic acids is 1. The highest BCUT2D eigenvalue weighted by Crippen LogP contribution is 2.12. The molecule has 0 atom stereocenters. The highest BCUT2D eigenvalue weighted by Gasteiger charge is 2.14. The first kappa shape index (κ1) is 17.6. The Kier molecular flexibility index (Phi) is 6.85. The summed E-state index contributed by atoms with van der Waals surface area (Å²) in [5.74, 6) is 0.592. The van der Waals surface area contributed by atoms with Gasteiger partial charge < -0.3 is 9.64 Å². The lowest BCUT2D eigenvalue weighted by atomic mass is 10.1. The molecule has 0 radical (unpaired) electrons. The molecular formula is C20H22N2O2. The fourth-order valence-corrected chi connectivity index (χ4v) is 2.40. The summed E-state index contributed by atoms with van der Waals surface area (Å²) < 4.78 is 5.59. The molecule has 0 N–H and O–H groups in total. The molecule has 2 aromatic carbocycles. The lowest BCUT2D eigenvalue weighted by Crippen LogP contribution is -2.37. The van der Waals surface area contributed by atoms with Crippen molar-refractivity contribution < 1.29 is 9.53 Å². The van der Waals surface area contributed by atoms with E-state index in [1.807, 2.05) is 61.5 Å². The summed E-state index contributed by atoms with van der Waals surface area (Å²) in [5.41, 5.74) is 2.26. The first-order chi connectivity index (χ1) is 11.7. The topological polar surface area (TPSA) is 53.3 Å². The van der Waals surface area contributed by atoms with E-state index in [1.54, 1.807) is 4.90 Å². The minimum absolute atomic E-state index is 0.0102. The number of nitrogens with zero attached hydrogens (tertiary/aromatic N) is 2. The van der Waals surface area contributed by atoms with E-state index in [0.717, 1.165) is 12.0 Å². The van der Waals surface area contributed by atoms with Crippen LogP contribution in [0.1, 0.15) is 17.5 Å². The van der Waals surface area contributed by atoms with E-state index in [0.29, 0.717) is 25.3 Å². The summed E-state index contributed by atoms with van der Waals surface area (Å²) in [6.07, 6.45) is 1.09. The molecule has 0 aliphatic rings. The summed E-state index contributed by atoms with van der Waals surface area (Å²) in [6.45, 7) is 2.98. The molecule has 0 saturated carbocycles. The molecule has 0 fully saturated rings. The molecule has 24 heavy (non-hydrogen) atoms. The first-order valence-electron chi connectivity index (χ1n) is 8.07. The van der Waals surface area contributed by atoms with Crippen molar-refractivity contribution in [2.24, 2.45) is 0 Å². The molecule has 4 nitrogen and oxygen atoms in total. The van der Waals surface area contributed by atoms with Crippen LogP contribution in [-0.4, -0.2) is 30.5 Å². The SMILES string of the molecule is Cc1cccc(OCC(=O)N(CCC#N)CCc2ccccc2)c1. The molecule has 1 amide bonds. The normalized spacial score (nSPS) is 10.0. The number of hydrogen-bond donors (Lipinski definition) is 0. The minimum Gasteiger partial charge on any atom is -0.484 e. The van der Waals surface area contributed by atoms with Crippen LogP contribution in [0.25, 0.3) is 0 Å². The van der Waals surface area contributed by atoms with Gasteiger partial charge in [0.15, 0.2) is 6.61 Å². The van der Waals surface area contributed by atoms with Crippen LogP contribution in [0.15, 0.2) is 54.6 Å². The van der Waals surface area contributed by atoms with Crippen molar-refractivity contribution in [3.63, 3.8) is 0 Å². The Balaban J connectivity index is 1.90. The van der Waals surface area contributed by atoms with Crippen molar-refractivity contribution in [1.29, 1.82) is 5.26 Å². The molecule has 2 rings (SSSR count). The van der Waals surface area contributed by atoms with E-state index in [-0.39, 0.29) is 12.5 Å². The van der Waals surface area contributed by atoms with Gasteiger partial charge in [-0.05, 0) is 36.6 Å².